The molecule has 0 N–H and O–H groups in total. The van der Waals surface area contributed by atoms with Crippen LogP contribution in [0.15, 0.2) is 48.8 Å². The van der Waals surface area contributed by atoms with Crippen LogP contribution >= 0.6 is 0 Å². The van der Waals surface area contributed by atoms with Gasteiger partial charge in [-0.05, 0) is 62.2 Å². The Hall–Kier alpha value is -1.54. The van der Waals surface area contributed by atoms with E-state index in [1.54, 1.807) is 6.26 Å². The second kappa shape index (κ2) is 5.62. The van der Waals surface area contributed by atoms with E-state index in [1.165, 1.54) is 37.1 Å². The maximum Gasteiger partial charge on any atom is 0.141 e. The minimum absolute atomic E-state index is 0.0801. The topological polar surface area (TPSA) is 12.5 Å². The Labute approximate surface area is 115 Å². The molecule has 1 atom stereocenters. The molecule has 0 aliphatic carbocycles. The van der Waals surface area contributed by atoms with Gasteiger partial charge in [-0.25, -0.2) is 0 Å². The van der Waals surface area contributed by atoms with Crippen LogP contribution in [0.25, 0.3) is 0 Å². The van der Waals surface area contributed by atoms with Gasteiger partial charge in [0.2, 0.25) is 0 Å². The fraction of sp³-hybridized carbons (Fsp3) is 0.412. The summed E-state index contributed by atoms with van der Waals surface area (Å²) in [5.74, 6) is 0.730. The first kappa shape index (κ1) is 12.5. The summed E-state index contributed by atoms with van der Waals surface area (Å²) < 4.78 is 5.59. The van der Waals surface area contributed by atoms with Gasteiger partial charge in [0.1, 0.15) is 6.10 Å². The molecule has 0 aromatic heterocycles. The van der Waals surface area contributed by atoms with Crippen molar-refractivity contribution in [2.24, 2.45) is 0 Å². The molecule has 0 spiro atoms. The second-order valence-corrected chi connectivity index (χ2v) is 5.51. The molecule has 1 saturated heterocycles. The lowest BCUT2D eigenvalue weighted by atomic mass is 9.89. The average Bonchev–Trinajstić information content (AvgIpc) is 2.49. The molecule has 2 heteroatoms. The standard InChI is InChI=1S/C17H21NO/c1-18-11-9-15(10-12-18)14-5-7-16(8-6-14)17-4-2-3-13-19-17/h2-8,13,15,17H,9-12H2,1H3. The van der Waals surface area contributed by atoms with Gasteiger partial charge in [-0.3, -0.25) is 0 Å². The number of likely N-dealkylation sites (tertiary alicyclic amines) is 1. The summed E-state index contributed by atoms with van der Waals surface area (Å²) in [6.45, 7) is 2.43. The summed E-state index contributed by atoms with van der Waals surface area (Å²) in [4.78, 5) is 2.41. The molecule has 2 nitrogen and oxygen atoms in total. The van der Waals surface area contributed by atoms with Gasteiger partial charge in [0.15, 0.2) is 0 Å². The lowest BCUT2D eigenvalue weighted by molar-refractivity contribution is 0.186. The van der Waals surface area contributed by atoms with Crippen LogP contribution in [0.3, 0.4) is 0 Å². The molecule has 0 radical (unpaired) electrons. The van der Waals surface area contributed by atoms with Crippen molar-refractivity contribution < 1.29 is 4.74 Å². The Bertz CT molecular complexity index is 467. The highest BCUT2D eigenvalue weighted by Gasteiger charge is 2.18. The predicted octanol–water partition coefficient (Wildman–Crippen LogP) is 3.64. The molecule has 1 fully saturated rings. The van der Waals surface area contributed by atoms with Crippen molar-refractivity contribution in [2.45, 2.75) is 24.9 Å². The molecule has 0 saturated carbocycles. The van der Waals surface area contributed by atoms with E-state index < -0.39 is 0 Å². The van der Waals surface area contributed by atoms with Gasteiger partial charge in [-0.15, -0.1) is 0 Å². The van der Waals surface area contributed by atoms with Crippen LogP contribution in [0.4, 0.5) is 0 Å². The lowest BCUT2D eigenvalue weighted by Crippen LogP contribution is -2.29. The Morgan fingerprint density at radius 1 is 1.00 bits per heavy atom. The van der Waals surface area contributed by atoms with Crippen LogP contribution < -0.4 is 0 Å². The molecule has 2 heterocycles. The first-order valence-electron chi connectivity index (χ1n) is 7.10. The third-order valence-corrected chi connectivity index (χ3v) is 4.16. The molecule has 0 amide bonds. The van der Waals surface area contributed by atoms with Crippen molar-refractivity contribution in [3.63, 3.8) is 0 Å². The van der Waals surface area contributed by atoms with Crippen LogP contribution in [0.2, 0.25) is 0 Å². The summed E-state index contributed by atoms with van der Waals surface area (Å²) in [6, 6.07) is 8.98. The largest absolute Gasteiger partial charge is 0.489 e. The first-order valence-corrected chi connectivity index (χ1v) is 7.10. The Kier molecular flexibility index (Phi) is 3.69. The highest BCUT2D eigenvalue weighted by atomic mass is 16.5. The van der Waals surface area contributed by atoms with Crippen LogP contribution in [0, 0.1) is 0 Å². The molecular weight excluding hydrogens is 234 g/mol. The summed E-state index contributed by atoms with van der Waals surface area (Å²) in [6.07, 6.45) is 10.4. The number of piperidine rings is 1. The normalized spacial score (nSPS) is 24.4. The van der Waals surface area contributed by atoms with E-state index in [4.69, 9.17) is 4.74 Å². The third-order valence-electron chi connectivity index (χ3n) is 4.16. The quantitative estimate of drug-likeness (QED) is 0.800. The minimum Gasteiger partial charge on any atom is -0.489 e. The fourth-order valence-corrected chi connectivity index (χ4v) is 2.88. The maximum atomic E-state index is 5.59. The molecule has 2 aliphatic rings. The maximum absolute atomic E-state index is 5.59. The summed E-state index contributed by atoms with van der Waals surface area (Å²) in [5.41, 5.74) is 2.71. The number of hydrogen-bond donors (Lipinski definition) is 0. The van der Waals surface area contributed by atoms with Gasteiger partial charge in [0, 0.05) is 0 Å². The zero-order valence-electron chi connectivity index (χ0n) is 11.5. The first-order chi connectivity index (χ1) is 9.33. The van der Waals surface area contributed by atoms with E-state index in [0.29, 0.717) is 0 Å². The smallest absolute Gasteiger partial charge is 0.141 e. The van der Waals surface area contributed by atoms with Crippen molar-refractivity contribution in [2.75, 3.05) is 20.1 Å². The molecule has 0 bridgehead atoms. The summed E-state index contributed by atoms with van der Waals surface area (Å²) in [7, 11) is 2.21. The van der Waals surface area contributed by atoms with Gasteiger partial charge in [-0.2, -0.15) is 0 Å². The zero-order valence-corrected chi connectivity index (χ0v) is 11.5. The Balaban J connectivity index is 1.68. The third kappa shape index (κ3) is 2.90. The van der Waals surface area contributed by atoms with Gasteiger partial charge in [-0.1, -0.05) is 30.3 Å². The van der Waals surface area contributed by atoms with E-state index >= 15 is 0 Å². The van der Waals surface area contributed by atoms with E-state index in [2.05, 4.69) is 42.3 Å². The highest BCUT2D eigenvalue weighted by Crippen LogP contribution is 2.29. The number of hydrogen-bond acceptors (Lipinski definition) is 2. The molecule has 1 aromatic carbocycles. The zero-order chi connectivity index (χ0) is 13.1. The number of nitrogens with zero attached hydrogens (tertiary/aromatic N) is 1. The molecule has 19 heavy (non-hydrogen) atoms. The number of benzene rings is 1. The lowest BCUT2D eigenvalue weighted by Gasteiger charge is -2.29. The Morgan fingerprint density at radius 2 is 1.68 bits per heavy atom. The van der Waals surface area contributed by atoms with Crippen molar-refractivity contribution in [3.8, 4) is 0 Å². The molecular formula is C17H21NO. The predicted molar refractivity (Wildman–Crippen MR) is 78.0 cm³/mol. The van der Waals surface area contributed by atoms with Gasteiger partial charge >= 0.3 is 0 Å². The van der Waals surface area contributed by atoms with E-state index in [1.807, 2.05) is 12.2 Å². The van der Waals surface area contributed by atoms with Gasteiger partial charge < -0.3 is 9.64 Å². The highest BCUT2D eigenvalue weighted by molar-refractivity contribution is 5.30. The number of rotatable bonds is 2. The van der Waals surface area contributed by atoms with Crippen molar-refractivity contribution in [1.82, 2.24) is 4.90 Å². The molecule has 3 rings (SSSR count). The monoisotopic (exact) mass is 255 g/mol. The molecule has 1 unspecified atom stereocenters. The van der Waals surface area contributed by atoms with Crippen LogP contribution in [-0.4, -0.2) is 25.0 Å². The minimum atomic E-state index is 0.0801. The average molecular weight is 255 g/mol. The SMILES string of the molecule is CN1CCC(c2ccc(C3C=CC=CO3)cc2)CC1. The van der Waals surface area contributed by atoms with E-state index in [-0.39, 0.29) is 6.10 Å². The van der Waals surface area contributed by atoms with Gasteiger partial charge in [0.25, 0.3) is 0 Å². The van der Waals surface area contributed by atoms with E-state index in [0.717, 1.165) is 5.92 Å². The van der Waals surface area contributed by atoms with Crippen molar-refractivity contribution in [1.29, 1.82) is 0 Å². The van der Waals surface area contributed by atoms with Crippen LogP contribution in [0.5, 0.6) is 0 Å². The molecule has 100 valence electrons. The Morgan fingerprint density at radius 3 is 2.32 bits per heavy atom. The summed E-state index contributed by atoms with van der Waals surface area (Å²) >= 11 is 0. The summed E-state index contributed by atoms with van der Waals surface area (Å²) in [5, 5.41) is 0. The fourth-order valence-electron chi connectivity index (χ4n) is 2.88. The molecule has 2 aliphatic heterocycles. The number of allylic oxidation sites excluding steroid dienone is 2. The van der Waals surface area contributed by atoms with Crippen molar-refractivity contribution in [3.05, 3.63) is 59.9 Å². The second-order valence-electron chi connectivity index (χ2n) is 5.51. The van der Waals surface area contributed by atoms with E-state index in [9.17, 15) is 0 Å². The molecule has 1 aromatic rings. The van der Waals surface area contributed by atoms with Crippen LogP contribution in [0.1, 0.15) is 36.0 Å². The van der Waals surface area contributed by atoms with Gasteiger partial charge in [0.05, 0.1) is 6.26 Å². The number of ether oxygens (including phenoxy) is 1. The van der Waals surface area contributed by atoms with Crippen LogP contribution in [-0.2, 0) is 4.74 Å². The van der Waals surface area contributed by atoms with Crippen molar-refractivity contribution >= 4 is 0 Å².